The second-order valence-electron chi connectivity index (χ2n) is 5.04. The highest BCUT2D eigenvalue weighted by atomic mass is 32.1. The number of nitrogen functional groups attached to an aromatic ring is 1. The van der Waals surface area contributed by atoms with Gasteiger partial charge in [-0.1, -0.05) is 6.07 Å². The molecule has 5 nitrogen and oxygen atoms in total. The Kier molecular flexibility index (Phi) is 3.25. The van der Waals surface area contributed by atoms with Crippen molar-refractivity contribution in [1.29, 1.82) is 0 Å². The van der Waals surface area contributed by atoms with Crippen LogP contribution < -0.4 is 15.2 Å². The summed E-state index contributed by atoms with van der Waals surface area (Å²) in [5.74, 6) is 1.32. The van der Waals surface area contributed by atoms with Crippen molar-refractivity contribution in [2.45, 2.75) is 6.92 Å². The van der Waals surface area contributed by atoms with E-state index in [9.17, 15) is 4.79 Å². The predicted molar refractivity (Wildman–Crippen MR) is 83.0 cm³/mol. The molecule has 1 aromatic carbocycles. The van der Waals surface area contributed by atoms with Crippen molar-refractivity contribution in [2.75, 3.05) is 26.6 Å². The average Bonchev–Trinajstić information content (AvgIpc) is 3.00. The van der Waals surface area contributed by atoms with Crippen LogP contribution in [0.2, 0.25) is 0 Å². The van der Waals surface area contributed by atoms with Crippen molar-refractivity contribution < 1.29 is 14.3 Å². The lowest BCUT2D eigenvalue weighted by Crippen LogP contribution is -2.22. The number of anilines is 1. The largest absolute Gasteiger partial charge is 0.454 e. The maximum Gasteiger partial charge on any atom is 0.256 e. The highest BCUT2D eigenvalue weighted by Gasteiger charge is 2.24. The van der Waals surface area contributed by atoms with E-state index in [1.165, 1.54) is 16.2 Å². The Balaban J connectivity index is 2.16. The van der Waals surface area contributed by atoms with Gasteiger partial charge in [0.1, 0.15) is 0 Å². The highest BCUT2D eigenvalue weighted by molar-refractivity contribution is 7.16. The molecule has 1 amide bonds. The molecule has 0 bridgehead atoms. The number of carbonyl (C=O) groups is 1. The molecular formula is C15H16N2O3S. The Morgan fingerprint density at radius 1 is 1.29 bits per heavy atom. The lowest BCUT2D eigenvalue weighted by atomic mass is 10.00. The van der Waals surface area contributed by atoms with Crippen molar-refractivity contribution in [3.05, 3.63) is 28.6 Å². The Morgan fingerprint density at radius 3 is 2.71 bits per heavy atom. The third-order valence-corrected chi connectivity index (χ3v) is 4.33. The summed E-state index contributed by atoms with van der Waals surface area (Å²) in [4.78, 5) is 14.9. The van der Waals surface area contributed by atoms with Crippen LogP contribution in [-0.2, 0) is 0 Å². The van der Waals surface area contributed by atoms with Crippen molar-refractivity contribution in [1.82, 2.24) is 4.90 Å². The number of amides is 1. The van der Waals surface area contributed by atoms with Gasteiger partial charge in [0.05, 0.1) is 10.6 Å². The van der Waals surface area contributed by atoms with Crippen LogP contribution in [0.15, 0.2) is 18.2 Å². The van der Waals surface area contributed by atoms with E-state index in [-0.39, 0.29) is 12.7 Å². The fraction of sp³-hybridized carbons (Fsp3) is 0.267. The monoisotopic (exact) mass is 304 g/mol. The lowest BCUT2D eigenvalue weighted by molar-refractivity contribution is 0.0829. The van der Waals surface area contributed by atoms with Crippen molar-refractivity contribution in [3.8, 4) is 22.6 Å². The second kappa shape index (κ2) is 4.96. The van der Waals surface area contributed by atoms with E-state index in [1.807, 2.05) is 25.1 Å². The Bertz CT molecular complexity index is 722. The van der Waals surface area contributed by atoms with E-state index in [4.69, 9.17) is 15.2 Å². The molecule has 2 N–H and O–H groups in total. The molecule has 0 saturated carbocycles. The number of fused-ring (bicyclic) bond motifs is 1. The zero-order valence-corrected chi connectivity index (χ0v) is 12.9. The first kappa shape index (κ1) is 13.8. The quantitative estimate of drug-likeness (QED) is 0.926. The van der Waals surface area contributed by atoms with Gasteiger partial charge in [0.15, 0.2) is 11.5 Å². The van der Waals surface area contributed by atoms with E-state index in [0.717, 1.165) is 21.8 Å². The first-order valence-corrected chi connectivity index (χ1v) is 7.31. The van der Waals surface area contributed by atoms with Crippen LogP contribution in [0.5, 0.6) is 11.5 Å². The van der Waals surface area contributed by atoms with Gasteiger partial charge in [-0.05, 0) is 24.6 Å². The molecule has 110 valence electrons. The maximum atomic E-state index is 12.4. The van der Waals surface area contributed by atoms with Gasteiger partial charge in [0.25, 0.3) is 5.91 Å². The van der Waals surface area contributed by atoms with E-state index in [1.54, 1.807) is 14.1 Å². The van der Waals surface area contributed by atoms with E-state index < -0.39 is 0 Å². The topological polar surface area (TPSA) is 64.8 Å². The highest BCUT2D eigenvalue weighted by Crippen LogP contribution is 2.42. The van der Waals surface area contributed by atoms with Crippen LogP contribution in [0.25, 0.3) is 11.1 Å². The summed E-state index contributed by atoms with van der Waals surface area (Å²) in [7, 11) is 3.44. The van der Waals surface area contributed by atoms with Gasteiger partial charge in [-0.2, -0.15) is 0 Å². The van der Waals surface area contributed by atoms with Crippen molar-refractivity contribution >= 4 is 22.2 Å². The van der Waals surface area contributed by atoms with Crippen LogP contribution in [-0.4, -0.2) is 31.7 Å². The first-order chi connectivity index (χ1) is 9.99. The lowest BCUT2D eigenvalue weighted by Gasteiger charge is -2.13. The molecule has 6 heteroatoms. The minimum Gasteiger partial charge on any atom is -0.454 e. The van der Waals surface area contributed by atoms with Gasteiger partial charge in [0, 0.05) is 24.5 Å². The number of carbonyl (C=O) groups excluding carboxylic acids is 1. The number of benzene rings is 1. The Hall–Kier alpha value is -2.21. The number of hydrogen-bond donors (Lipinski definition) is 1. The SMILES string of the molecule is Cc1sc(N)c(C(=O)N(C)C)c1-c1ccc2c(c1)OCO2. The number of ether oxygens (including phenoxy) is 2. The molecule has 1 aromatic heterocycles. The predicted octanol–water partition coefficient (Wildman–Crippen LogP) is 2.74. The minimum atomic E-state index is -0.0930. The number of nitrogens with zero attached hydrogens (tertiary/aromatic N) is 1. The summed E-state index contributed by atoms with van der Waals surface area (Å²) in [6.07, 6.45) is 0. The Morgan fingerprint density at radius 2 is 2.00 bits per heavy atom. The van der Waals surface area contributed by atoms with Gasteiger partial charge in [0.2, 0.25) is 6.79 Å². The van der Waals surface area contributed by atoms with Gasteiger partial charge in [-0.15, -0.1) is 11.3 Å². The standard InChI is InChI=1S/C15H16N2O3S/c1-8-12(13(14(16)21-8)15(18)17(2)3)9-4-5-10-11(6-9)20-7-19-10/h4-6H,7,16H2,1-3H3. The molecule has 0 fully saturated rings. The molecule has 0 saturated heterocycles. The third kappa shape index (κ3) is 2.21. The summed E-state index contributed by atoms with van der Waals surface area (Å²) in [6.45, 7) is 2.19. The average molecular weight is 304 g/mol. The maximum absolute atomic E-state index is 12.4. The zero-order chi connectivity index (χ0) is 15.1. The molecule has 2 aromatic rings. The van der Waals surface area contributed by atoms with Crippen molar-refractivity contribution in [3.63, 3.8) is 0 Å². The van der Waals surface area contributed by atoms with Crippen LogP contribution >= 0.6 is 11.3 Å². The van der Waals surface area contributed by atoms with Crippen LogP contribution in [0, 0.1) is 6.92 Å². The molecule has 0 aliphatic carbocycles. The molecule has 1 aliphatic heterocycles. The van der Waals surface area contributed by atoms with E-state index >= 15 is 0 Å². The summed E-state index contributed by atoms with van der Waals surface area (Å²) >= 11 is 1.43. The number of nitrogens with two attached hydrogens (primary N) is 1. The molecule has 0 atom stereocenters. The van der Waals surface area contributed by atoms with Crippen LogP contribution in [0.1, 0.15) is 15.2 Å². The molecule has 3 rings (SSSR count). The molecular weight excluding hydrogens is 288 g/mol. The molecule has 2 heterocycles. The molecule has 21 heavy (non-hydrogen) atoms. The second-order valence-corrected chi connectivity index (χ2v) is 6.30. The number of rotatable bonds is 2. The van der Waals surface area contributed by atoms with Gasteiger partial charge in [-0.3, -0.25) is 4.79 Å². The zero-order valence-electron chi connectivity index (χ0n) is 12.1. The van der Waals surface area contributed by atoms with Gasteiger partial charge < -0.3 is 20.1 Å². The third-order valence-electron chi connectivity index (χ3n) is 3.39. The number of thiophene rings is 1. The first-order valence-electron chi connectivity index (χ1n) is 6.49. The van der Waals surface area contributed by atoms with Crippen molar-refractivity contribution in [2.24, 2.45) is 0 Å². The number of hydrogen-bond acceptors (Lipinski definition) is 5. The fourth-order valence-electron chi connectivity index (χ4n) is 2.40. The normalized spacial score (nSPS) is 12.5. The van der Waals surface area contributed by atoms with Crippen LogP contribution in [0.4, 0.5) is 5.00 Å². The molecule has 0 radical (unpaired) electrons. The van der Waals surface area contributed by atoms with Crippen LogP contribution in [0.3, 0.4) is 0 Å². The minimum absolute atomic E-state index is 0.0930. The summed E-state index contributed by atoms with van der Waals surface area (Å²) in [5.41, 5.74) is 8.38. The summed E-state index contributed by atoms with van der Waals surface area (Å²) in [6, 6.07) is 5.67. The van der Waals surface area contributed by atoms with E-state index in [0.29, 0.717) is 16.3 Å². The van der Waals surface area contributed by atoms with Gasteiger partial charge >= 0.3 is 0 Å². The van der Waals surface area contributed by atoms with Gasteiger partial charge in [-0.25, -0.2) is 0 Å². The smallest absolute Gasteiger partial charge is 0.256 e. The summed E-state index contributed by atoms with van der Waals surface area (Å²) < 4.78 is 10.7. The fourth-order valence-corrected chi connectivity index (χ4v) is 3.35. The molecule has 1 aliphatic rings. The summed E-state index contributed by atoms with van der Waals surface area (Å²) in [5, 5.41) is 0.541. The molecule has 0 unspecified atom stereocenters. The number of aryl methyl sites for hydroxylation is 1. The van der Waals surface area contributed by atoms with E-state index in [2.05, 4.69) is 0 Å². The molecule has 0 spiro atoms. The Labute approximate surface area is 126 Å².